The second-order valence-electron chi connectivity index (χ2n) is 11.7. The molecule has 4 heterocycles. The van der Waals surface area contributed by atoms with Crippen molar-refractivity contribution in [3.63, 3.8) is 0 Å². The van der Waals surface area contributed by atoms with Crippen LogP contribution in [-0.2, 0) is 0 Å². The molecule has 2 aromatic carbocycles. The van der Waals surface area contributed by atoms with Gasteiger partial charge >= 0.3 is 5.63 Å². The molecule has 2 saturated heterocycles. The maximum atomic E-state index is 13.1. The number of unbranched alkanes of at least 4 members (excludes halogenated alkanes) is 2. The van der Waals surface area contributed by atoms with Crippen LogP contribution in [0.1, 0.15) is 54.9 Å². The van der Waals surface area contributed by atoms with E-state index in [1.54, 1.807) is 19.2 Å². The van der Waals surface area contributed by atoms with E-state index in [1.165, 1.54) is 0 Å². The van der Waals surface area contributed by atoms with Crippen LogP contribution >= 0.6 is 0 Å². The number of methoxy groups -OCH3 is 1. The van der Waals surface area contributed by atoms with Gasteiger partial charge in [-0.25, -0.2) is 4.79 Å². The van der Waals surface area contributed by atoms with E-state index in [2.05, 4.69) is 14.8 Å². The van der Waals surface area contributed by atoms with E-state index >= 15 is 0 Å². The highest BCUT2D eigenvalue weighted by atomic mass is 16.5. The molecule has 10 heteroatoms. The number of hydrogen-bond acceptors (Lipinski definition) is 9. The molecular formula is C34H42N4O6. The lowest BCUT2D eigenvalue weighted by molar-refractivity contribution is 0.0774. The van der Waals surface area contributed by atoms with Crippen LogP contribution < -0.4 is 24.7 Å². The molecule has 1 aromatic heterocycles. The van der Waals surface area contributed by atoms with Crippen LogP contribution in [0.3, 0.4) is 0 Å². The summed E-state index contributed by atoms with van der Waals surface area (Å²) in [5.41, 5.74) is 3.28. The molecule has 234 valence electrons. The highest BCUT2D eigenvalue weighted by Crippen LogP contribution is 2.38. The van der Waals surface area contributed by atoms with Gasteiger partial charge in [0.25, 0.3) is 5.91 Å². The van der Waals surface area contributed by atoms with Gasteiger partial charge in [-0.1, -0.05) is 0 Å². The van der Waals surface area contributed by atoms with Crippen molar-refractivity contribution in [1.82, 2.24) is 9.80 Å². The number of hydrogen-bond donors (Lipinski definition) is 0. The molecule has 2 fully saturated rings. The molecular weight excluding hydrogens is 560 g/mol. The smallest absolute Gasteiger partial charge is 0.338 e. The van der Waals surface area contributed by atoms with Gasteiger partial charge in [-0.2, -0.15) is 0 Å². The zero-order valence-corrected chi connectivity index (χ0v) is 26.0. The lowest BCUT2D eigenvalue weighted by atomic mass is 10.1. The first-order valence-corrected chi connectivity index (χ1v) is 15.8. The molecule has 0 spiro atoms. The number of aryl methyl sites for hydroxylation is 1. The minimum Gasteiger partial charge on any atom is -0.493 e. The summed E-state index contributed by atoms with van der Waals surface area (Å²) in [4.78, 5) is 36.8. The van der Waals surface area contributed by atoms with Gasteiger partial charge in [0.05, 0.1) is 43.3 Å². The number of piperazine rings is 1. The fourth-order valence-electron chi connectivity index (χ4n) is 6.53. The van der Waals surface area contributed by atoms with Gasteiger partial charge in [0.1, 0.15) is 11.3 Å². The first-order chi connectivity index (χ1) is 21.5. The van der Waals surface area contributed by atoms with E-state index in [1.807, 2.05) is 43.2 Å². The van der Waals surface area contributed by atoms with Crippen LogP contribution in [0.5, 0.6) is 17.2 Å². The predicted molar refractivity (Wildman–Crippen MR) is 172 cm³/mol. The normalized spacial score (nSPS) is 18.3. The van der Waals surface area contributed by atoms with Gasteiger partial charge in [-0.3, -0.25) is 14.7 Å². The Kier molecular flexibility index (Phi) is 9.07. The number of anilines is 1. The number of benzene rings is 2. The van der Waals surface area contributed by atoms with Crippen LogP contribution in [0.15, 0.2) is 44.5 Å². The van der Waals surface area contributed by atoms with Crippen LogP contribution in [0.25, 0.3) is 11.0 Å². The molecule has 3 aliphatic rings. The van der Waals surface area contributed by atoms with Gasteiger partial charge in [0.15, 0.2) is 11.5 Å². The third kappa shape index (κ3) is 6.13. The van der Waals surface area contributed by atoms with Crippen molar-refractivity contribution in [2.24, 2.45) is 4.99 Å². The van der Waals surface area contributed by atoms with Crippen molar-refractivity contribution in [3.05, 3.63) is 51.9 Å². The van der Waals surface area contributed by atoms with Crippen molar-refractivity contribution in [1.29, 1.82) is 0 Å². The fourth-order valence-corrected chi connectivity index (χ4v) is 6.53. The molecule has 44 heavy (non-hydrogen) atoms. The fraction of sp³-hybridized carbons (Fsp3) is 0.500. The number of nitrogens with zero attached hydrogens (tertiary/aromatic N) is 4. The monoisotopic (exact) mass is 602 g/mol. The maximum absolute atomic E-state index is 13.1. The van der Waals surface area contributed by atoms with Crippen molar-refractivity contribution < 1.29 is 23.4 Å². The molecule has 0 aliphatic carbocycles. The lowest BCUT2D eigenvalue weighted by Crippen LogP contribution is -2.46. The molecule has 10 nitrogen and oxygen atoms in total. The van der Waals surface area contributed by atoms with Crippen molar-refractivity contribution in [3.8, 4) is 17.2 Å². The number of fused-ring (bicyclic) bond motifs is 3. The highest BCUT2D eigenvalue weighted by molar-refractivity contribution is 6.03. The molecule has 1 amide bonds. The Morgan fingerprint density at radius 2 is 1.80 bits per heavy atom. The standard InChI is InChI=1S/C34H42N4O6/c1-4-42-29-11-10-25-28(21-32(39)44-33(25)23(29)2)37-16-14-36(15-17-37)12-6-5-7-18-43-31-20-27-26(19-30(31)41-3)34(40)38-13-8-9-24(38)22-35-27/h10-11,19-22,24H,4-9,12-18H2,1-3H3/t24-/m0/s1. The van der Waals surface area contributed by atoms with E-state index in [0.29, 0.717) is 41.5 Å². The van der Waals surface area contributed by atoms with Crippen LogP contribution in [0.4, 0.5) is 11.4 Å². The summed E-state index contributed by atoms with van der Waals surface area (Å²) in [5, 5.41) is 0.948. The van der Waals surface area contributed by atoms with Crippen molar-refractivity contribution in [2.75, 3.05) is 64.5 Å². The zero-order chi connectivity index (χ0) is 30.6. The Morgan fingerprint density at radius 3 is 2.59 bits per heavy atom. The quantitative estimate of drug-likeness (QED) is 0.218. The summed E-state index contributed by atoms with van der Waals surface area (Å²) in [6.45, 7) is 10.4. The minimum atomic E-state index is -0.334. The number of aliphatic imine (C=N–C) groups is 1. The number of amides is 1. The molecule has 3 aromatic rings. The summed E-state index contributed by atoms with van der Waals surface area (Å²) in [6.07, 6.45) is 6.91. The lowest BCUT2D eigenvalue weighted by Gasteiger charge is -2.36. The molecule has 0 unspecified atom stereocenters. The van der Waals surface area contributed by atoms with Crippen LogP contribution in [0, 0.1) is 6.92 Å². The first-order valence-electron chi connectivity index (χ1n) is 15.8. The van der Waals surface area contributed by atoms with E-state index in [-0.39, 0.29) is 17.6 Å². The number of carbonyl (C=O) groups excluding carboxylic acids is 1. The summed E-state index contributed by atoms with van der Waals surface area (Å²) < 4.78 is 23.0. The SMILES string of the molecule is CCOc1ccc2c(N3CCN(CCCCCOc4cc5c(cc4OC)C(=O)N4CCC[C@H]4C=N5)CC3)cc(=O)oc2c1C. The summed E-state index contributed by atoms with van der Waals surface area (Å²) in [7, 11) is 1.60. The minimum absolute atomic E-state index is 0.0136. The molecule has 0 N–H and O–H groups in total. The van der Waals surface area contributed by atoms with E-state index in [9.17, 15) is 9.59 Å². The third-order valence-electron chi connectivity index (χ3n) is 8.94. The number of ether oxygens (including phenoxy) is 3. The highest BCUT2D eigenvalue weighted by Gasteiger charge is 2.32. The van der Waals surface area contributed by atoms with E-state index < -0.39 is 0 Å². The van der Waals surface area contributed by atoms with Gasteiger partial charge in [0, 0.05) is 62.0 Å². The number of rotatable bonds is 11. The molecule has 0 saturated carbocycles. The van der Waals surface area contributed by atoms with Gasteiger partial charge in [0.2, 0.25) is 0 Å². The van der Waals surface area contributed by atoms with E-state index in [0.717, 1.165) is 93.8 Å². The number of carbonyl (C=O) groups is 1. The Bertz CT molecular complexity index is 1590. The third-order valence-corrected chi connectivity index (χ3v) is 8.94. The van der Waals surface area contributed by atoms with Crippen molar-refractivity contribution >= 4 is 34.5 Å². The summed E-state index contributed by atoms with van der Waals surface area (Å²) >= 11 is 0. The molecule has 1 atom stereocenters. The van der Waals surface area contributed by atoms with Gasteiger partial charge in [-0.05, 0) is 70.7 Å². The molecule has 3 aliphatic heterocycles. The topological polar surface area (TPSA) is 97.0 Å². The Hall–Kier alpha value is -4.05. The Balaban J connectivity index is 0.976. The van der Waals surface area contributed by atoms with Crippen molar-refractivity contribution in [2.45, 2.75) is 52.0 Å². The average molecular weight is 603 g/mol. The Morgan fingerprint density at radius 1 is 0.955 bits per heavy atom. The van der Waals surface area contributed by atoms with Crippen LogP contribution in [-0.4, -0.2) is 87.6 Å². The maximum Gasteiger partial charge on any atom is 0.338 e. The van der Waals surface area contributed by atoms with Gasteiger partial charge in [-0.15, -0.1) is 0 Å². The van der Waals surface area contributed by atoms with Crippen LogP contribution in [0.2, 0.25) is 0 Å². The zero-order valence-electron chi connectivity index (χ0n) is 26.0. The Labute approximate surface area is 258 Å². The average Bonchev–Trinajstić information content (AvgIpc) is 3.47. The van der Waals surface area contributed by atoms with Gasteiger partial charge < -0.3 is 28.4 Å². The second-order valence-corrected chi connectivity index (χ2v) is 11.7. The predicted octanol–water partition coefficient (Wildman–Crippen LogP) is 5.20. The summed E-state index contributed by atoms with van der Waals surface area (Å²) in [5.74, 6) is 1.95. The second kappa shape index (κ2) is 13.3. The molecule has 0 bridgehead atoms. The summed E-state index contributed by atoms with van der Waals surface area (Å²) in [6, 6.07) is 9.26. The molecule has 0 radical (unpaired) electrons. The first kappa shape index (κ1) is 30.0. The van der Waals surface area contributed by atoms with E-state index in [4.69, 9.17) is 18.6 Å². The largest absolute Gasteiger partial charge is 0.493 e. The molecule has 6 rings (SSSR count).